The van der Waals surface area contributed by atoms with Crippen LogP contribution < -0.4 is 5.73 Å². The first-order valence-electron chi connectivity index (χ1n) is 5.73. The van der Waals surface area contributed by atoms with Crippen LogP contribution >= 0.6 is 0 Å². The average molecular weight is 266 g/mol. The Kier molecular flexibility index (Phi) is 4.76. The average Bonchev–Trinajstić information content (AvgIpc) is 2.32. The summed E-state index contributed by atoms with van der Waals surface area (Å²) in [7, 11) is -3.55. The molecule has 5 heteroatoms. The zero-order chi connectivity index (χ0) is 13.8. The predicted octanol–water partition coefficient (Wildman–Crippen LogP) is 1.61. The number of nitrogens with zero attached hydrogens (tertiary/aromatic N) is 1. The van der Waals surface area contributed by atoms with Crippen LogP contribution in [0.2, 0.25) is 0 Å². The molecule has 0 aliphatic heterocycles. The van der Waals surface area contributed by atoms with E-state index in [2.05, 4.69) is 5.92 Å². The van der Waals surface area contributed by atoms with Gasteiger partial charge in [0, 0.05) is 12.2 Å². The summed E-state index contributed by atoms with van der Waals surface area (Å²) >= 11 is 0. The van der Waals surface area contributed by atoms with Crippen molar-refractivity contribution in [1.29, 1.82) is 0 Å². The van der Waals surface area contributed by atoms with E-state index in [0.717, 1.165) is 5.56 Å². The summed E-state index contributed by atoms with van der Waals surface area (Å²) < 4.78 is 26.0. The topological polar surface area (TPSA) is 63.4 Å². The maximum absolute atomic E-state index is 12.4. The molecule has 0 atom stereocenters. The third-order valence-electron chi connectivity index (χ3n) is 2.63. The smallest absolute Gasteiger partial charge is 0.244 e. The Labute approximate surface area is 109 Å². The van der Waals surface area contributed by atoms with Crippen molar-refractivity contribution in [2.24, 2.45) is 0 Å². The molecule has 0 bridgehead atoms. The lowest BCUT2D eigenvalue weighted by Crippen LogP contribution is -2.32. The third-order valence-corrected chi connectivity index (χ3v) is 4.47. The van der Waals surface area contributed by atoms with Crippen LogP contribution in [-0.4, -0.2) is 25.8 Å². The second-order valence-corrected chi connectivity index (χ2v) is 6.00. The summed E-state index contributed by atoms with van der Waals surface area (Å²) in [6.07, 6.45) is 5.92. The monoisotopic (exact) mass is 266 g/mol. The minimum absolute atomic E-state index is 0.0734. The highest BCUT2D eigenvalue weighted by Crippen LogP contribution is 2.20. The third kappa shape index (κ3) is 3.03. The standard InChI is InChI=1S/C13H18N2O2S/c1-4-8-15(9-5-2)18(16,17)12-7-6-11(3)13(14)10-12/h1,6-7,10H,5,8-9,14H2,2-3H3. The van der Waals surface area contributed by atoms with Gasteiger partial charge in [-0.2, -0.15) is 4.31 Å². The molecule has 2 N–H and O–H groups in total. The number of sulfonamides is 1. The van der Waals surface area contributed by atoms with Crippen molar-refractivity contribution < 1.29 is 8.42 Å². The summed E-state index contributed by atoms with van der Waals surface area (Å²) in [5.74, 6) is 2.37. The molecule has 0 aliphatic carbocycles. The fourth-order valence-electron chi connectivity index (χ4n) is 1.56. The second-order valence-electron chi connectivity index (χ2n) is 4.06. The zero-order valence-electron chi connectivity index (χ0n) is 10.7. The van der Waals surface area contributed by atoms with Crippen molar-refractivity contribution in [3.63, 3.8) is 0 Å². The molecule has 0 saturated heterocycles. The molecule has 0 spiro atoms. The molecule has 0 amide bonds. The Balaban J connectivity index is 3.18. The van der Waals surface area contributed by atoms with Gasteiger partial charge in [-0.05, 0) is 31.0 Å². The van der Waals surface area contributed by atoms with E-state index in [4.69, 9.17) is 12.2 Å². The number of hydrogen-bond donors (Lipinski definition) is 1. The van der Waals surface area contributed by atoms with E-state index in [9.17, 15) is 8.42 Å². The highest BCUT2D eigenvalue weighted by molar-refractivity contribution is 7.89. The van der Waals surface area contributed by atoms with Gasteiger partial charge in [-0.3, -0.25) is 0 Å². The van der Waals surface area contributed by atoms with Crippen molar-refractivity contribution in [1.82, 2.24) is 4.31 Å². The van der Waals surface area contributed by atoms with E-state index in [-0.39, 0.29) is 11.4 Å². The first-order valence-corrected chi connectivity index (χ1v) is 7.17. The van der Waals surface area contributed by atoms with E-state index in [0.29, 0.717) is 18.7 Å². The Morgan fingerprint density at radius 2 is 2.11 bits per heavy atom. The van der Waals surface area contributed by atoms with Crippen LogP contribution in [0.1, 0.15) is 18.9 Å². The molecule has 1 aromatic carbocycles. The van der Waals surface area contributed by atoms with E-state index >= 15 is 0 Å². The fourth-order valence-corrected chi connectivity index (χ4v) is 3.05. The maximum Gasteiger partial charge on any atom is 0.244 e. The van der Waals surface area contributed by atoms with Crippen LogP contribution in [0.25, 0.3) is 0 Å². The minimum Gasteiger partial charge on any atom is -0.398 e. The molecule has 0 heterocycles. The Morgan fingerprint density at radius 3 is 2.61 bits per heavy atom. The first kappa shape index (κ1) is 14.6. The quantitative estimate of drug-likeness (QED) is 0.650. The largest absolute Gasteiger partial charge is 0.398 e. The molecule has 98 valence electrons. The molecule has 0 aliphatic rings. The number of rotatable bonds is 5. The Bertz CT molecular complexity index is 559. The van der Waals surface area contributed by atoms with Crippen molar-refractivity contribution in [3.8, 4) is 12.3 Å². The highest BCUT2D eigenvalue weighted by Gasteiger charge is 2.23. The van der Waals surface area contributed by atoms with Gasteiger partial charge in [0.2, 0.25) is 10.0 Å². The maximum atomic E-state index is 12.4. The van der Waals surface area contributed by atoms with E-state index in [1.54, 1.807) is 12.1 Å². The summed E-state index contributed by atoms with van der Waals surface area (Å²) in [6.45, 7) is 4.21. The van der Waals surface area contributed by atoms with Gasteiger partial charge >= 0.3 is 0 Å². The van der Waals surface area contributed by atoms with Gasteiger partial charge in [0.05, 0.1) is 11.4 Å². The highest BCUT2D eigenvalue weighted by atomic mass is 32.2. The number of hydrogen-bond acceptors (Lipinski definition) is 3. The summed E-state index contributed by atoms with van der Waals surface area (Å²) in [4.78, 5) is 0.189. The van der Waals surface area contributed by atoms with Gasteiger partial charge in [-0.15, -0.1) is 6.42 Å². The number of aryl methyl sites for hydroxylation is 1. The summed E-state index contributed by atoms with van der Waals surface area (Å²) in [6, 6.07) is 4.73. The molecule has 0 unspecified atom stereocenters. The molecular weight excluding hydrogens is 248 g/mol. The zero-order valence-corrected chi connectivity index (χ0v) is 11.5. The van der Waals surface area contributed by atoms with Gasteiger partial charge in [-0.25, -0.2) is 8.42 Å². The lowest BCUT2D eigenvalue weighted by molar-refractivity contribution is 0.445. The van der Waals surface area contributed by atoms with Gasteiger partial charge in [0.1, 0.15) is 0 Å². The van der Waals surface area contributed by atoms with Crippen molar-refractivity contribution in [3.05, 3.63) is 23.8 Å². The lowest BCUT2D eigenvalue weighted by Gasteiger charge is -2.19. The van der Waals surface area contributed by atoms with Gasteiger partial charge in [0.15, 0.2) is 0 Å². The normalized spacial score (nSPS) is 11.4. The Morgan fingerprint density at radius 1 is 1.44 bits per heavy atom. The van der Waals surface area contributed by atoms with Crippen LogP contribution in [0.5, 0.6) is 0 Å². The van der Waals surface area contributed by atoms with Gasteiger partial charge < -0.3 is 5.73 Å². The van der Waals surface area contributed by atoms with E-state index in [1.807, 2.05) is 13.8 Å². The SMILES string of the molecule is C#CCN(CCC)S(=O)(=O)c1ccc(C)c(N)c1. The van der Waals surface area contributed by atoms with Gasteiger partial charge in [-0.1, -0.05) is 18.9 Å². The number of benzene rings is 1. The van der Waals surface area contributed by atoms with Crippen LogP contribution in [0.3, 0.4) is 0 Å². The van der Waals surface area contributed by atoms with Crippen LogP contribution in [0, 0.1) is 19.3 Å². The molecular formula is C13H18N2O2S. The fraction of sp³-hybridized carbons (Fsp3) is 0.385. The molecule has 4 nitrogen and oxygen atoms in total. The molecule has 1 aromatic rings. The number of nitrogen functional groups attached to an aromatic ring is 1. The van der Waals surface area contributed by atoms with Crippen LogP contribution in [-0.2, 0) is 10.0 Å². The summed E-state index contributed by atoms with van der Waals surface area (Å²) in [5.41, 5.74) is 7.06. The summed E-state index contributed by atoms with van der Waals surface area (Å²) in [5, 5.41) is 0. The molecule has 0 radical (unpaired) electrons. The minimum atomic E-state index is -3.55. The molecule has 0 saturated carbocycles. The van der Waals surface area contributed by atoms with Crippen molar-refractivity contribution in [2.75, 3.05) is 18.8 Å². The Hall–Kier alpha value is -1.51. The van der Waals surface area contributed by atoms with Crippen molar-refractivity contribution >= 4 is 15.7 Å². The van der Waals surface area contributed by atoms with Crippen LogP contribution in [0.15, 0.2) is 23.1 Å². The molecule has 1 rings (SSSR count). The lowest BCUT2D eigenvalue weighted by atomic mass is 10.2. The van der Waals surface area contributed by atoms with E-state index < -0.39 is 10.0 Å². The van der Waals surface area contributed by atoms with Gasteiger partial charge in [0.25, 0.3) is 0 Å². The first-order chi connectivity index (χ1) is 8.43. The van der Waals surface area contributed by atoms with Crippen molar-refractivity contribution in [2.45, 2.75) is 25.2 Å². The number of terminal acetylenes is 1. The predicted molar refractivity (Wildman–Crippen MR) is 73.5 cm³/mol. The molecule has 0 aromatic heterocycles. The molecule has 0 fully saturated rings. The molecule has 18 heavy (non-hydrogen) atoms. The van der Waals surface area contributed by atoms with Crippen LogP contribution in [0.4, 0.5) is 5.69 Å². The number of nitrogens with two attached hydrogens (primary N) is 1. The number of anilines is 1. The second kappa shape index (κ2) is 5.89. The van der Waals surface area contributed by atoms with E-state index in [1.165, 1.54) is 10.4 Å².